The summed E-state index contributed by atoms with van der Waals surface area (Å²) in [5.74, 6) is 2.24. The third-order valence-electron chi connectivity index (χ3n) is 6.76. The van der Waals surface area contributed by atoms with Crippen LogP contribution in [0.25, 0.3) is 17.0 Å². The lowest BCUT2D eigenvalue weighted by molar-refractivity contribution is -0.384. The summed E-state index contributed by atoms with van der Waals surface area (Å²) in [6, 6.07) is 9.83. The van der Waals surface area contributed by atoms with E-state index in [1.165, 1.54) is 12.1 Å². The van der Waals surface area contributed by atoms with Gasteiger partial charge in [-0.3, -0.25) is 14.9 Å². The molecule has 2 aromatic carbocycles. The molecule has 200 valence electrons. The Bertz CT molecular complexity index is 1370. The van der Waals surface area contributed by atoms with Crippen LogP contribution in [0, 0.1) is 16.0 Å². The largest absolute Gasteiger partial charge is 0.493 e. The van der Waals surface area contributed by atoms with Crippen LogP contribution in [-0.2, 0) is 4.79 Å². The van der Waals surface area contributed by atoms with E-state index < -0.39 is 4.92 Å². The number of aromatic nitrogens is 2. The standard InChI is InChI=1S/C27H32N6O5/c1-4-19(12-18-6-5-7-20(13-18)33(35)36)26(34)29-16-17-8-10-32(11-9-17)27-30-22-15-24(38-3)23(37-2)14-21(22)25(28)31-27/h5-7,12-15,17H,4,8-11,16H2,1-3H3,(H,29,34)(H2,28,30,31)/b19-12+. The number of hydrogen-bond acceptors (Lipinski definition) is 9. The Labute approximate surface area is 220 Å². The number of carbonyl (C=O) groups is 1. The molecule has 0 unspecified atom stereocenters. The van der Waals surface area contributed by atoms with E-state index in [2.05, 4.69) is 15.2 Å². The molecule has 2 heterocycles. The number of rotatable bonds is 9. The van der Waals surface area contributed by atoms with Gasteiger partial charge in [0.1, 0.15) is 5.82 Å². The summed E-state index contributed by atoms with van der Waals surface area (Å²) in [6.45, 7) is 3.92. The quantitative estimate of drug-likeness (QED) is 0.243. The fourth-order valence-corrected chi connectivity index (χ4v) is 4.55. The lowest BCUT2D eigenvalue weighted by atomic mass is 9.96. The van der Waals surface area contributed by atoms with Crippen molar-refractivity contribution in [2.45, 2.75) is 26.2 Å². The van der Waals surface area contributed by atoms with Crippen LogP contribution in [0.3, 0.4) is 0 Å². The SMILES string of the molecule is CC/C(=C\c1cccc([N+](=O)[O-])c1)C(=O)NCC1CCN(c2nc(N)c3cc(OC)c(OC)cc3n2)CC1. The Morgan fingerprint density at radius 2 is 1.89 bits per heavy atom. The molecule has 0 aliphatic carbocycles. The molecule has 11 nitrogen and oxygen atoms in total. The van der Waals surface area contributed by atoms with Gasteiger partial charge in [-0.2, -0.15) is 4.98 Å². The zero-order valence-corrected chi connectivity index (χ0v) is 21.8. The van der Waals surface area contributed by atoms with E-state index in [1.807, 2.05) is 6.92 Å². The van der Waals surface area contributed by atoms with Crippen LogP contribution in [0.5, 0.6) is 11.5 Å². The molecule has 38 heavy (non-hydrogen) atoms. The first-order valence-corrected chi connectivity index (χ1v) is 12.5. The molecule has 1 aromatic heterocycles. The zero-order chi connectivity index (χ0) is 27.2. The fourth-order valence-electron chi connectivity index (χ4n) is 4.55. The van der Waals surface area contributed by atoms with Crippen molar-refractivity contribution in [3.05, 3.63) is 57.6 Å². The second-order valence-electron chi connectivity index (χ2n) is 9.15. The van der Waals surface area contributed by atoms with Gasteiger partial charge in [0, 0.05) is 48.8 Å². The maximum Gasteiger partial charge on any atom is 0.270 e. The highest BCUT2D eigenvalue weighted by Crippen LogP contribution is 2.34. The molecule has 0 saturated carbocycles. The molecular weight excluding hydrogens is 488 g/mol. The number of carbonyl (C=O) groups excluding carboxylic acids is 1. The van der Waals surface area contributed by atoms with Crippen LogP contribution < -0.4 is 25.4 Å². The first kappa shape index (κ1) is 26.6. The van der Waals surface area contributed by atoms with E-state index in [9.17, 15) is 14.9 Å². The maximum absolute atomic E-state index is 12.8. The lowest BCUT2D eigenvalue weighted by Crippen LogP contribution is -2.39. The first-order valence-electron chi connectivity index (χ1n) is 12.5. The molecular formula is C27H32N6O5. The second kappa shape index (κ2) is 11.8. The number of ether oxygens (including phenoxy) is 2. The van der Waals surface area contributed by atoms with Gasteiger partial charge < -0.3 is 25.4 Å². The number of benzene rings is 2. The number of hydrogen-bond donors (Lipinski definition) is 2. The van der Waals surface area contributed by atoms with E-state index in [0.29, 0.717) is 64.2 Å². The number of nitrogens with zero attached hydrogens (tertiary/aromatic N) is 4. The van der Waals surface area contributed by atoms with Gasteiger partial charge in [-0.25, -0.2) is 4.98 Å². The average molecular weight is 521 g/mol. The van der Waals surface area contributed by atoms with Crippen LogP contribution >= 0.6 is 0 Å². The van der Waals surface area contributed by atoms with Gasteiger partial charge in [0.05, 0.1) is 24.7 Å². The number of anilines is 2. The molecule has 0 bridgehead atoms. The number of methoxy groups -OCH3 is 2. The van der Waals surface area contributed by atoms with Crippen molar-refractivity contribution in [2.75, 3.05) is 44.5 Å². The fraction of sp³-hybridized carbons (Fsp3) is 0.370. The van der Waals surface area contributed by atoms with Crippen molar-refractivity contribution in [1.82, 2.24) is 15.3 Å². The number of nitro groups is 1. The summed E-state index contributed by atoms with van der Waals surface area (Å²) >= 11 is 0. The molecule has 1 fully saturated rings. The average Bonchev–Trinajstić information content (AvgIpc) is 2.94. The Kier molecular flexibility index (Phi) is 8.25. The number of non-ortho nitro benzene ring substituents is 1. The molecule has 4 rings (SSSR count). The minimum Gasteiger partial charge on any atom is -0.493 e. The van der Waals surface area contributed by atoms with Crippen LogP contribution in [0.1, 0.15) is 31.7 Å². The van der Waals surface area contributed by atoms with Crippen LogP contribution in [0.15, 0.2) is 42.0 Å². The minimum atomic E-state index is -0.444. The van der Waals surface area contributed by atoms with Gasteiger partial charge >= 0.3 is 0 Å². The molecule has 0 atom stereocenters. The van der Waals surface area contributed by atoms with Crippen LogP contribution in [0.2, 0.25) is 0 Å². The van der Waals surface area contributed by atoms with Gasteiger partial charge in [-0.1, -0.05) is 19.1 Å². The Morgan fingerprint density at radius 1 is 1.18 bits per heavy atom. The predicted molar refractivity (Wildman–Crippen MR) is 146 cm³/mol. The normalized spacial score (nSPS) is 14.4. The van der Waals surface area contributed by atoms with Crippen molar-refractivity contribution >= 4 is 40.3 Å². The lowest BCUT2D eigenvalue weighted by Gasteiger charge is -2.32. The summed E-state index contributed by atoms with van der Waals surface area (Å²) in [5, 5.41) is 14.8. The molecule has 3 N–H and O–H groups in total. The van der Waals surface area contributed by atoms with Crippen molar-refractivity contribution in [3.63, 3.8) is 0 Å². The highest BCUT2D eigenvalue weighted by atomic mass is 16.6. The molecule has 11 heteroatoms. The van der Waals surface area contributed by atoms with E-state index in [-0.39, 0.29) is 11.6 Å². The third-order valence-corrected chi connectivity index (χ3v) is 6.76. The van der Waals surface area contributed by atoms with Gasteiger partial charge in [0.2, 0.25) is 11.9 Å². The maximum atomic E-state index is 12.8. The molecule has 1 saturated heterocycles. The number of nitro benzene ring substituents is 1. The van der Waals surface area contributed by atoms with Crippen LogP contribution in [-0.4, -0.2) is 54.7 Å². The summed E-state index contributed by atoms with van der Waals surface area (Å²) in [6.07, 6.45) is 3.95. The Morgan fingerprint density at radius 3 is 2.55 bits per heavy atom. The third kappa shape index (κ3) is 5.93. The van der Waals surface area contributed by atoms with E-state index in [0.717, 1.165) is 25.9 Å². The van der Waals surface area contributed by atoms with E-state index in [4.69, 9.17) is 20.2 Å². The van der Waals surface area contributed by atoms with Gasteiger partial charge in [0.15, 0.2) is 11.5 Å². The van der Waals surface area contributed by atoms with Crippen molar-refractivity contribution in [1.29, 1.82) is 0 Å². The molecule has 0 radical (unpaired) electrons. The summed E-state index contributed by atoms with van der Waals surface area (Å²) < 4.78 is 10.8. The number of nitrogen functional groups attached to an aromatic ring is 1. The zero-order valence-electron chi connectivity index (χ0n) is 21.8. The van der Waals surface area contributed by atoms with Crippen LogP contribution in [0.4, 0.5) is 17.5 Å². The van der Waals surface area contributed by atoms with E-state index >= 15 is 0 Å². The summed E-state index contributed by atoms with van der Waals surface area (Å²) in [5.41, 5.74) is 8.14. The topological polar surface area (TPSA) is 146 Å². The molecule has 1 aliphatic rings. The minimum absolute atomic E-state index is 0.00242. The first-order chi connectivity index (χ1) is 18.3. The molecule has 1 aliphatic heterocycles. The number of nitrogens with one attached hydrogen (secondary N) is 1. The van der Waals surface area contributed by atoms with Gasteiger partial charge in [-0.15, -0.1) is 0 Å². The molecule has 3 aromatic rings. The monoisotopic (exact) mass is 520 g/mol. The summed E-state index contributed by atoms with van der Waals surface area (Å²) in [7, 11) is 3.14. The summed E-state index contributed by atoms with van der Waals surface area (Å²) in [4.78, 5) is 34.7. The second-order valence-corrected chi connectivity index (χ2v) is 9.15. The van der Waals surface area contributed by atoms with Crippen molar-refractivity contribution in [3.8, 4) is 11.5 Å². The smallest absolute Gasteiger partial charge is 0.270 e. The van der Waals surface area contributed by atoms with Gasteiger partial charge in [0.25, 0.3) is 5.69 Å². The molecule has 0 spiro atoms. The Hall–Kier alpha value is -4.41. The number of piperidine rings is 1. The predicted octanol–water partition coefficient (Wildman–Crippen LogP) is 3.96. The highest BCUT2D eigenvalue weighted by molar-refractivity contribution is 5.97. The Balaban J connectivity index is 1.37. The molecule has 1 amide bonds. The number of fused-ring (bicyclic) bond motifs is 1. The van der Waals surface area contributed by atoms with Crippen molar-refractivity contribution < 1.29 is 19.2 Å². The number of amides is 1. The van der Waals surface area contributed by atoms with Gasteiger partial charge in [-0.05, 0) is 42.9 Å². The number of nitrogens with two attached hydrogens (primary N) is 1. The van der Waals surface area contributed by atoms with E-state index in [1.54, 1.807) is 44.6 Å². The van der Waals surface area contributed by atoms with Crippen molar-refractivity contribution in [2.24, 2.45) is 5.92 Å². The highest BCUT2D eigenvalue weighted by Gasteiger charge is 2.23.